The summed E-state index contributed by atoms with van der Waals surface area (Å²) < 4.78 is 0. The fourth-order valence-electron chi connectivity index (χ4n) is 1.41. The Morgan fingerprint density at radius 3 is 2.35 bits per heavy atom. The number of nitrogens with one attached hydrogen (secondary N) is 1. The number of nitriles is 1. The molecule has 17 heavy (non-hydrogen) atoms. The van der Waals surface area contributed by atoms with E-state index in [9.17, 15) is 4.79 Å². The molecule has 3 heteroatoms. The summed E-state index contributed by atoms with van der Waals surface area (Å²) >= 11 is 0. The van der Waals surface area contributed by atoms with Crippen LogP contribution >= 0.6 is 0 Å². The first kappa shape index (κ1) is 13.2. The molecule has 0 fully saturated rings. The number of hydrogen-bond donors (Lipinski definition) is 1. The second kappa shape index (κ2) is 6.05. The van der Waals surface area contributed by atoms with Crippen LogP contribution in [-0.4, -0.2) is 12.5 Å². The molecule has 0 saturated heterocycles. The van der Waals surface area contributed by atoms with Crippen molar-refractivity contribution in [2.45, 2.75) is 26.7 Å². The Kier molecular flexibility index (Phi) is 4.71. The maximum Gasteiger partial charge on any atom is 0.251 e. The molecule has 1 unspecified atom stereocenters. The molecule has 1 aromatic rings. The topological polar surface area (TPSA) is 52.9 Å². The monoisotopic (exact) mass is 230 g/mol. The van der Waals surface area contributed by atoms with Gasteiger partial charge in [0.1, 0.15) is 0 Å². The Bertz CT molecular complexity index is 415. The number of benzene rings is 1. The van der Waals surface area contributed by atoms with Crippen molar-refractivity contribution in [1.82, 2.24) is 5.32 Å². The van der Waals surface area contributed by atoms with Crippen LogP contribution in [-0.2, 0) is 0 Å². The van der Waals surface area contributed by atoms with E-state index in [1.807, 2.05) is 24.3 Å². The van der Waals surface area contributed by atoms with E-state index in [2.05, 4.69) is 25.2 Å². The largest absolute Gasteiger partial charge is 0.351 e. The number of nitrogens with zero attached hydrogens (tertiary/aromatic N) is 1. The fourth-order valence-corrected chi connectivity index (χ4v) is 1.41. The van der Waals surface area contributed by atoms with Crippen LogP contribution in [0.2, 0.25) is 0 Å². The lowest BCUT2D eigenvalue weighted by molar-refractivity contribution is 0.0951. The molecule has 0 aliphatic heterocycles. The van der Waals surface area contributed by atoms with E-state index in [-0.39, 0.29) is 11.8 Å². The molecule has 1 aromatic carbocycles. The van der Waals surface area contributed by atoms with Crippen molar-refractivity contribution in [1.29, 1.82) is 5.26 Å². The Morgan fingerprint density at radius 1 is 1.29 bits per heavy atom. The smallest absolute Gasteiger partial charge is 0.251 e. The minimum Gasteiger partial charge on any atom is -0.351 e. The van der Waals surface area contributed by atoms with Crippen molar-refractivity contribution < 1.29 is 4.79 Å². The van der Waals surface area contributed by atoms with E-state index in [0.717, 1.165) is 0 Å². The fraction of sp³-hybridized carbons (Fsp3) is 0.429. The van der Waals surface area contributed by atoms with E-state index in [1.54, 1.807) is 6.92 Å². The standard InChI is InChI=1S/C14H18N2O/c1-10(2)12-4-6-13(7-5-12)14(17)16-9-11(3)8-15/h4-7,10-11H,9H2,1-3H3,(H,16,17). The van der Waals surface area contributed by atoms with Gasteiger partial charge in [-0.15, -0.1) is 0 Å². The first-order valence-electron chi connectivity index (χ1n) is 5.82. The van der Waals surface area contributed by atoms with Gasteiger partial charge in [0.15, 0.2) is 0 Å². The first-order chi connectivity index (χ1) is 8.04. The summed E-state index contributed by atoms with van der Waals surface area (Å²) in [6.45, 7) is 6.40. The van der Waals surface area contributed by atoms with Crippen LogP contribution < -0.4 is 5.32 Å². The van der Waals surface area contributed by atoms with E-state index < -0.39 is 0 Å². The summed E-state index contributed by atoms with van der Waals surface area (Å²) in [7, 11) is 0. The van der Waals surface area contributed by atoms with Gasteiger partial charge < -0.3 is 5.32 Å². The highest BCUT2D eigenvalue weighted by Crippen LogP contribution is 2.14. The summed E-state index contributed by atoms with van der Waals surface area (Å²) in [6.07, 6.45) is 0. The van der Waals surface area contributed by atoms with Crippen LogP contribution in [0.15, 0.2) is 24.3 Å². The molecule has 1 N–H and O–H groups in total. The van der Waals surface area contributed by atoms with Crippen LogP contribution in [0, 0.1) is 17.2 Å². The van der Waals surface area contributed by atoms with Gasteiger partial charge in [0.2, 0.25) is 0 Å². The van der Waals surface area contributed by atoms with E-state index in [0.29, 0.717) is 18.0 Å². The molecule has 1 atom stereocenters. The summed E-state index contributed by atoms with van der Waals surface area (Å²) in [4.78, 5) is 11.7. The predicted octanol–water partition coefficient (Wildman–Crippen LogP) is 2.70. The third-order valence-corrected chi connectivity index (χ3v) is 2.63. The zero-order valence-electron chi connectivity index (χ0n) is 10.5. The van der Waals surface area contributed by atoms with Crippen molar-refractivity contribution >= 4 is 5.91 Å². The van der Waals surface area contributed by atoms with Crippen molar-refractivity contribution in [3.8, 4) is 6.07 Å². The van der Waals surface area contributed by atoms with Crippen LogP contribution in [0.5, 0.6) is 0 Å². The lowest BCUT2D eigenvalue weighted by Gasteiger charge is -2.08. The molecule has 0 aliphatic rings. The molecular weight excluding hydrogens is 212 g/mol. The molecule has 0 aliphatic carbocycles. The average molecular weight is 230 g/mol. The third kappa shape index (κ3) is 3.92. The minimum atomic E-state index is -0.158. The van der Waals surface area contributed by atoms with Gasteiger partial charge in [-0.05, 0) is 30.5 Å². The van der Waals surface area contributed by atoms with Gasteiger partial charge in [-0.2, -0.15) is 5.26 Å². The second-order valence-electron chi connectivity index (χ2n) is 4.52. The van der Waals surface area contributed by atoms with Gasteiger partial charge in [0.05, 0.1) is 12.0 Å². The second-order valence-corrected chi connectivity index (χ2v) is 4.52. The number of amides is 1. The van der Waals surface area contributed by atoms with Crippen LogP contribution in [0.3, 0.4) is 0 Å². The Hall–Kier alpha value is -1.82. The lowest BCUT2D eigenvalue weighted by Crippen LogP contribution is -2.27. The van der Waals surface area contributed by atoms with Crippen molar-refractivity contribution in [2.75, 3.05) is 6.54 Å². The first-order valence-corrected chi connectivity index (χ1v) is 5.82. The van der Waals surface area contributed by atoms with Gasteiger partial charge in [-0.3, -0.25) is 4.79 Å². The SMILES string of the molecule is CC(C#N)CNC(=O)c1ccc(C(C)C)cc1. The van der Waals surface area contributed by atoms with Gasteiger partial charge >= 0.3 is 0 Å². The van der Waals surface area contributed by atoms with Crippen molar-refractivity contribution in [2.24, 2.45) is 5.92 Å². The molecule has 0 radical (unpaired) electrons. The quantitative estimate of drug-likeness (QED) is 0.864. The molecule has 0 saturated carbocycles. The molecule has 90 valence electrons. The number of carbonyl (C=O) groups is 1. The zero-order valence-corrected chi connectivity index (χ0v) is 10.5. The maximum atomic E-state index is 11.7. The summed E-state index contributed by atoms with van der Waals surface area (Å²) in [5.74, 6) is 0.182. The minimum absolute atomic E-state index is 0.123. The van der Waals surface area contributed by atoms with Crippen LogP contribution in [0.1, 0.15) is 42.6 Å². The van der Waals surface area contributed by atoms with Crippen LogP contribution in [0.4, 0.5) is 0 Å². The van der Waals surface area contributed by atoms with Gasteiger partial charge in [-0.1, -0.05) is 26.0 Å². The highest BCUT2D eigenvalue weighted by molar-refractivity contribution is 5.94. The lowest BCUT2D eigenvalue weighted by atomic mass is 10.0. The molecule has 3 nitrogen and oxygen atoms in total. The molecule has 1 rings (SSSR count). The molecule has 0 aromatic heterocycles. The van der Waals surface area contributed by atoms with E-state index >= 15 is 0 Å². The Labute approximate surface area is 102 Å². The molecule has 0 bridgehead atoms. The van der Waals surface area contributed by atoms with Gasteiger partial charge in [0, 0.05) is 12.1 Å². The van der Waals surface area contributed by atoms with Crippen LogP contribution in [0.25, 0.3) is 0 Å². The van der Waals surface area contributed by atoms with Gasteiger partial charge in [0.25, 0.3) is 5.91 Å². The zero-order chi connectivity index (χ0) is 12.8. The number of hydrogen-bond acceptors (Lipinski definition) is 2. The summed E-state index contributed by atoms with van der Waals surface area (Å²) in [5.41, 5.74) is 1.85. The van der Waals surface area contributed by atoms with E-state index in [4.69, 9.17) is 5.26 Å². The predicted molar refractivity (Wildman–Crippen MR) is 67.6 cm³/mol. The normalized spacial score (nSPS) is 11.9. The highest BCUT2D eigenvalue weighted by atomic mass is 16.1. The summed E-state index contributed by atoms with van der Waals surface area (Å²) in [6, 6.07) is 9.65. The van der Waals surface area contributed by atoms with E-state index in [1.165, 1.54) is 5.56 Å². The molecule has 1 amide bonds. The number of carbonyl (C=O) groups excluding carboxylic acids is 1. The molecule has 0 heterocycles. The Balaban J connectivity index is 2.61. The summed E-state index contributed by atoms with van der Waals surface area (Å²) in [5, 5.41) is 11.4. The molecular formula is C14H18N2O. The molecule has 0 spiro atoms. The van der Waals surface area contributed by atoms with Gasteiger partial charge in [-0.25, -0.2) is 0 Å². The number of rotatable bonds is 4. The highest BCUT2D eigenvalue weighted by Gasteiger charge is 2.07. The van der Waals surface area contributed by atoms with Crippen molar-refractivity contribution in [3.05, 3.63) is 35.4 Å². The third-order valence-electron chi connectivity index (χ3n) is 2.63. The maximum absolute atomic E-state index is 11.7. The average Bonchev–Trinajstić information content (AvgIpc) is 2.35. The van der Waals surface area contributed by atoms with Crippen molar-refractivity contribution in [3.63, 3.8) is 0 Å². The Morgan fingerprint density at radius 2 is 1.88 bits per heavy atom.